The quantitative estimate of drug-likeness (QED) is 0.327. The lowest BCUT2D eigenvalue weighted by Crippen LogP contribution is -2.35. The van der Waals surface area contributed by atoms with Crippen molar-refractivity contribution in [2.24, 2.45) is 10.1 Å². The molecule has 0 unspecified atom stereocenters. The van der Waals surface area contributed by atoms with E-state index >= 15 is 0 Å². The van der Waals surface area contributed by atoms with Crippen LogP contribution in [0.25, 0.3) is 6.08 Å². The van der Waals surface area contributed by atoms with Crippen LogP contribution in [0.15, 0.2) is 75.9 Å². The summed E-state index contributed by atoms with van der Waals surface area (Å²) in [5.74, 6) is -0.551. The van der Waals surface area contributed by atoms with E-state index in [0.717, 1.165) is 5.56 Å². The van der Waals surface area contributed by atoms with E-state index in [1.165, 1.54) is 41.3 Å². The summed E-state index contributed by atoms with van der Waals surface area (Å²) >= 11 is 2.50. The van der Waals surface area contributed by atoms with Crippen molar-refractivity contribution >= 4 is 57.1 Å². The minimum atomic E-state index is -0.540. The zero-order valence-electron chi connectivity index (χ0n) is 17.6. The zero-order chi connectivity index (χ0) is 23.7. The van der Waals surface area contributed by atoms with Crippen molar-refractivity contribution in [1.82, 2.24) is 9.99 Å². The fourth-order valence-corrected chi connectivity index (χ4v) is 4.67. The summed E-state index contributed by atoms with van der Waals surface area (Å²) in [6.07, 6.45) is 4.82. The second-order valence-electron chi connectivity index (χ2n) is 6.94. The summed E-state index contributed by atoms with van der Waals surface area (Å²) in [6.45, 7) is 0. The first kappa shape index (κ1) is 21.7. The molecule has 0 aliphatic carbocycles. The van der Waals surface area contributed by atoms with Crippen LogP contribution in [0.3, 0.4) is 0 Å². The van der Waals surface area contributed by atoms with Gasteiger partial charge in [0.15, 0.2) is 17.3 Å². The van der Waals surface area contributed by atoms with Crippen LogP contribution in [0, 0.1) is 5.41 Å². The number of hydrogen-bond donors (Lipinski definition) is 1. The van der Waals surface area contributed by atoms with Crippen LogP contribution >= 0.6 is 23.1 Å². The highest BCUT2D eigenvalue weighted by molar-refractivity contribution is 8.27. The van der Waals surface area contributed by atoms with Crippen LogP contribution in [0.1, 0.15) is 20.8 Å². The van der Waals surface area contributed by atoms with E-state index in [-0.39, 0.29) is 17.2 Å². The van der Waals surface area contributed by atoms with Gasteiger partial charge in [0.25, 0.3) is 5.91 Å². The molecule has 1 N–H and O–H groups in total. The Hall–Kier alpha value is -4.09. The van der Waals surface area contributed by atoms with Gasteiger partial charge in [0.2, 0.25) is 5.17 Å². The smallest absolute Gasteiger partial charge is 0.353 e. The molecule has 1 amide bonds. The van der Waals surface area contributed by atoms with Crippen molar-refractivity contribution in [3.8, 4) is 11.5 Å². The summed E-state index contributed by atoms with van der Waals surface area (Å²) < 4.78 is 10.8. The van der Waals surface area contributed by atoms with Crippen LogP contribution in [0.4, 0.5) is 0 Å². The molecule has 2 aromatic heterocycles. The number of aromatic nitrogens is 1. The molecule has 0 bridgehead atoms. The average Bonchev–Trinajstić information content (AvgIpc) is 3.54. The van der Waals surface area contributed by atoms with Crippen LogP contribution in [0.2, 0.25) is 0 Å². The SMILES string of the molecule is COc1cc(C=C2C(=N)N3N=C(c4ccncc4)SC3=NC2=O)ccc1OC(=O)c1cccs1. The number of amidine groups is 2. The first-order valence-corrected chi connectivity index (χ1v) is 11.6. The van der Waals surface area contributed by atoms with Crippen molar-refractivity contribution in [2.45, 2.75) is 0 Å². The Kier molecular flexibility index (Phi) is 5.78. The molecule has 0 fully saturated rings. The molecular formula is C23H15N5O4S2. The highest BCUT2D eigenvalue weighted by atomic mass is 32.2. The summed E-state index contributed by atoms with van der Waals surface area (Å²) in [6, 6.07) is 11.9. The molecule has 3 aromatic rings. The fourth-order valence-electron chi connectivity index (χ4n) is 3.17. The Labute approximate surface area is 202 Å². The Balaban J connectivity index is 1.41. The average molecular weight is 490 g/mol. The minimum absolute atomic E-state index is 0.0782. The van der Waals surface area contributed by atoms with Gasteiger partial charge in [-0.05, 0) is 59.1 Å². The molecular weight excluding hydrogens is 474 g/mol. The predicted octanol–water partition coefficient (Wildman–Crippen LogP) is 4.04. The summed E-state index contributed by atoms with van der Waals surface area (Å²) in [7, 11) is 1.45. The van der Waals surface area contributed by atoms with Crippen molar-refractivity contribution in [3.63, 3.8) is 0 Å². The number of ether oxygens (including phenoxy) is 2. The maximum atomic E-state index is 12.7. The number of rotatable bonds is 5. The largest absolute Gasteiger partial charge is 0.493 e. The molecule has 4 heterocycles. The maximum absolute atomic E-state index is 12.7. The fraction of sp³-hybridized carbons (Fsp3) is 0.0435. The lowest BCUT2D eigenvalue weighted by Gasteiger charge is -2.20. The predicted molar refractivity (Wildman–Crippen MR) is 131 cm³/mol. The van der Waals surface area contributed by atoms with Crippen LogP contribution in [0.5, 0.6) is 11.5 Å². The van der Waals surface area contributed by atoms with Crippen molar-refractivity contribution < 1.29 is 19.1 Å². The maximum Gasteiger partial charge on any atom is 0.353 e. The van der Waals surface area contributed by atoms with Gasteiger partial charge < -0.3 is 9.47 Å². The highest BCUT2D eigenvalue weighted by Crippen LogP contribution is 2.33. The van der Waals surface area contributed by atoms with Crippen molar-refractivity contribution in [1.29, 1.82) is 5.41 Å². The van der Waals surface area contributed by atoms with Crippen molar-refractivity contribution in [3.05, 3.63) is 81.8 Å². The van der Waals surface area contributed by atoms with Gasteiger partial charge in [-0.3, -0.25) is 15.2 Å². The van der Waals surface area contributed by atoms with Gasteiger partial charge in [-0.1, -0.05) is 12.1 Å². The first-order chi connectivity index (χ1) is 16.5. The van der Waals surface area contributed by atoms with E-state index in [9.17, 15) is 9.59 Å². The molecule has 0 saturated heterocycles. The molecule has 2 aliphatic heterocycles. The molecule has 2 aliphatic rings. The number of carbonyl (C=O) groups excluding carboxylic acids is 2. The Morgan fingerprint density at radius 3 is 2.71 bits per heavy atom. The van der Waals surface area contributed by atoms with Crippen LogP contribution < -0.4 is 9.47 Å². The second-order valence-corrected chi connectivity index (χ2v) is 8.84. The molecule has 0 atom stereocenters. The number of amides is 1. The van der Waals surface area contributed by atoms with Gasteiger partial charge in [-0.15, -0.1) is 11.3 Å². The van der Waals surface area contributed by atoms with E-state index in [0.29, 0.717) is 26.4 Å². The third kappa shape index (κ3) is 4.14. The van der Waals surface area contributed by atoms with Gasteiger partial charge >= 0.3 is 5.97 Å². The normalized spacial score (nSPS) is 16.3. The number of aliphatic imine (C=N–C) groups is 1. The summed E-state index contributed by atoms with van der Waals surface area (Å²) in [5.41, 5.74) is 1.47. The Morgan fingerprint density at radius 2 is 1.97 bits per heavy atom. The molecule has 168 valence electrons. The molecule has 0 spiro atoms. The number of nitrogens with zero attached hydrogens (tertiary/aromatic N) is 4. The monoisotopic (exact) mass is 489 g/mol. The number of thioether (sulfide) groups is 1. The number of methoxy groups -OCH3 is 1. The molecule has 9 nitrogen and oxygen atoms in total. The number of nitrogens with one attached hydrogen (secondary N) is 1. The topological polar surface area (TPSA) is 117 Å². The highest BCUT2D eigenvalue weighted by Gasteiger charge is 2.36. The number of pyridine rings is 1. The third-order valence-electron chi connectivity index (χ3n) is 4.81. The molecule has 5 rings (SSSR count). The van der Waals surface area contributed by atoms with Gasteiger partial charge in [-0.2, -0.15) is 15.1 Å². The van der Waals surface area contributed by atoms with Crippen molar-refractivity contribution in [2.75, 3.05) is 7.11 Å². The Bertz CT molecular complexity index is 1400. The van der Waals surface area contributed by atoms with Gasteiger partial charge in [-0.25, -0.2) is 4.79 Å². The zero-order valence-corrected chi connectivity index (χ0v) is 19.2. The van der Waals surface area contributed by atoms with Gasteiger partial charge in [0.1, 0.15) is 9.92 Å². The van der Waals surface area contributed by atoms with E-state index in [1.807, 2.05) is 0 Å². The number of hydrazone groups is 1. The summed E-state index contributed by atoms with van der Waals surface area (Å²) in [4.78, 5) is 33.5. The summed E-state index contributed by atoms with van der Waals surface area (Å²) in [5, 5.41) is 17.1. The van der Waals surface area contributed by atoms with E-state index < -0.39 is 11.9 Å². The number of thiophene rings is 1. The molecule has 0 radical (unpaired) electrons. The number of hydrogen-bond acceptors (Lipinski definition) is 9. The van der Waals surface area contributed by atoms with Crippen LogP contribution in [-0.4, -0.2) is 45.0 Å². The number of carbonyl (C=O) groups is 2. The standard InChI is InChI=1S/C23H15N5O4S2/c1-31-17-12-13(4-5-16(17)32-22(30)18-3-2-10-33-18)11-15-19(24)28-23(26-20(15)29)34-21(27-28)14-6-8-25-9-7-14/h2-12,24H,1H3. The molecule has 1 aromatic carbocycles. The molecule has 34 heavy (non-hydrogen) atoms. The lowest BCUT2D eigenvalue weighted by molar-refractivity contribution is -0.114. The number of fused-ring (bicyclic) bond motifs is 1. The minimum Gasteiger partial charge on any atom is -0.493 e. The second kappa shape index (κ2) is 9.04. The number of esters is 1. The number of benzene rings is 1. The van der Waals surface area contributed by atoms with E-state index in [4.69, 9.17) is 14.9 Å². The van der Waals surface area contributed by atoms with Gasteiger partial charge in [0.05, 0.1) is 12.7 Å². The van der Waals surface area contributed by atoms with E-state index in [1.54, 1.807) is 60.2 Å². The lowest BCUT2D eigenvalue weighted by atomic mass is 10.1. The van der Waals surface area contributed by atoms with Crippen LogP contribution in [-0.2, 0) is 4.79 Å². The third-order valence-corrected chi connectivity index (χ3v) is 6.61. The first-order valence-electron chi connectivity index (χ1n) is 9.88. The van der Waals surface area contributed by atoms with E-state index in [2.05, 4.69) is 15.1 Å². The molecule has 11 heteroatoms. The molecule has 0 saturated carbocycles. The Morgan fingerprint density at radius 1 is 1.15 bits per heavy atom. The van der Waals surface area contributed by atoms with Gasteiger partial charge in [0, 0.05) is 18.0 Å².